The van der Waals surface area contributed by atoms with Crippen LogP contribution >= 0.6 is 0 Å². The van der Waals surface area contributed by atoms with Crippen LogP contribution in [0.4, 0.5) is 18.9 Å². The zero-order valence-electron chi connectivity index (χ0n) is 11.2. The maximum absolute atomic E-state index is 14.2. The van der Waals surface area contributed by atoms with Gasteiger partial charge in [0.05, 0.1) is 14.2 Å². The summed E-state index contributed by atoms with van der Waals surface area (Å²) in [6.07, 6.45) is 0. The number of halogens is 3. The van der Waals surface area contributed by atoms with E-state index >= 15 is 0 Å². The second-order valence-corrected chi connectivity index (χ2v) is 3.92. The van der Waals surface area contributed by atoms with E-state index in [2.05, 4.69) is 9.47 Å². The lowest BCUT2D eigenvalue weighted by Crippen LogP contribution is -2.22. The topological polar surface area (TPSA) is 55.8 Å². The van der Waals surface area contributed by atoms with Gasteiger partial charge in [-0.1, -0.05) is 0 Å². The number of esters is 2. The highest BCUT2D eigenvalue weighted by Crippen LogP contribution is 2.31. The maximum atomic E-state index is 14.2. The Labute approximate surface area is 112 Å². The average molecular weight is 291 g/mol. The zero-order valence-corrected chi connectivity index (χ0v) is 11.2. The van der Waals surface area contributed by atoms with Crippen LogP contribution in [0, 0.1) is 17.5 Å². The van der Waals surface area contributed by atoms with Crippen molar-refractivity contribution in [3.8, 4) is 0 Å². The van der Waals surface area contributed by atoms with E-state index in [1.165, 1.54) is 14.1 Å². The summed E-state index contributed by atoms with van der Waals surface area (Å²) in [4.78, 5) is 23.9. The molecule has 0 spiro atoms. The van der Waals surface area contributed by atoms with Crippen molar-refractivity contribution in [2.24, 2.45) is 0 Å². The van der Waals surface area contributed by atoms with Crippen molar-refractivity contribution >= 4 is 17.6 Å². The van der Waals surface area contributed by atoms with Crippen molar-refractivity contribution in [3.63, 3.8) is 0 Å². The molecule has 20 heavy (non-hydrogen) atoms. The Morgan fingerprint density at radius 2 is 1.25 bits per heavy atom. The Kier molecular flexibility index (Phi) is 4.59. The largest absolute Gasteiger partial charge is 0.465 e. The molecule has 110 valence electrons. The molecule has 1 aromatic carbocycles. The van der Waals surface area contributed by atoms with Gasteiger partial charge < -0.3 is 14.4 Å². The molecular formula is C12H12F3NO4. The fraction of sp³-hybridized carbons (Fsp3) is 0.333. The molecule has 0 unspecified atom stereocenters. The molecule has 0 amide bonds. The summed E-state index contributed by atoms with van der Waals surface area (Å²) in [5, 5.41) is 0. The second kappa shape index (κ2) is 5.81. The van der Waals surface area contributed by atoms with Crippen LogP contribution in [0.3, 0.4) is 0 Å². The van der Waals surface area contributed by atoms with E-state index in [0.29, 0.717) is 0 Å². The number of anilines is 1. The number of hydrogen-bond acceptors (Lipinski definition) is 5. The fourth-order valence-electron chi connectivity index (χ4n) is 1.63. The average Bonchev–Trinajstić information content (AvgIpc) is 2.40. The molecule has 1 aromatic rings. The molecule has 8 heteroatoms. The van der Waals surface area contributed by atoms with E-state index in [9.17, 15) is 22.8 Å². The molecule has 0 aliphatic heterocycles. The van der Waals surface area contributed by atoms with Crippen molar-refractivity contribution in [1.29, 1.82) is 0 Å². The third kappa shape index (κ3) is 2.40. The predicted molar refractivity (Wildman–Crippen MR) is 63.3 cm³/mol. The number of rotatable bonds is 3. The van der Waals surface area contributed by atoms with Crippen LogP contribution in [-0.4, -0.2) is 40.3 Å². The molecule has 0 aromatic heterocycles. The number of carbonyl (C=O) groups is 2. The SMILES string of the molecule is COC(=O)c1c(F)c(F)c(N(C)C)c(F)c1C(=O)OC. The lowest BCUT2D eigenvalue weighted by atomic mass is 10.0. The molecule has 0 radical (unpaired) electrons. The van der Waals surface area contributed by atoms with Crippen LogP contribution in [0.15, 0.2) is 0 Å². The van der Waals surface area contributed by atoms with Crippen molar-refractivity contribution in [1.82, 2.24) is 0 Å². The summed E-state index contributed by atoms with van der Waals surface area (Å²) in [6.45, 7) is 0. The number of methoxy groups -OCH3 is 2. The third-order valence-electron chi connectivity index (χ3n) is 2.52. The van der Waals surface area contributed by atoms with Gasteiger partial charge >= 0.3 is 11.9 Å². The van der Waals surface area contributed by atoms with Gasteiger partial charge in [-0.2, -0.15) is 0 Å². The highest BCUT2D eigenvalue weighted by molar-refractivity contribution is 6.04. The van der Waals surface area contributed by atoms with Gasteiger partial charge in [0.15, 0.2) is 17.5 Å². The van der Waals surface area contributed by atoms with Crippen molar-refractivity contribution in [2.75, 3.05) is 33.2 Å². The first kappa shape index (κ1) is 15.8. The minimum Gasteiger partial charge on any atom is -0.465 e. The van der Waals surface area contributed by atoms with E-state index < -0.39 is 46.2 Å². The number of nitrogens with zero attached hydrogens (tertiary/aromatic N) is 1. The summed E-state index contributed by atoms with van der Waals surface area (Å²) < 4.78 is 50.4. The van der Waals surface area contributed by atoms with Gasteiger partial charge in [0.1, 0.15) is 16.8 Å². The predicted octanol–water partition coefficient (Wildman–Crippen LogP) is 1.74. The number of ether oxygens (including phenoxy) is 2. The van der Waals surface area contributed by atoms with Crippen molar-refractivity contribution < 1.29 is 32.2 Å². The Hall–Kier alpha value is -2.25. The number of benzene rings is 1. The lowest BCUT2D eigenvalue weighted by molar-refractivity contribution is 0.0545. The summed E-state index contributed by atoms with van der Waals surface area (Å²) >= 11 is 0. The van der Waals surface area contributed by atoms with Gasteiger partial charge in [0.2, 0.25) is 0 Å². The molecule has 0 fully saturated rings. The summed E-state index contributed by atoms with van der Waals surface area (Å²) in [5.41, 5.74) is -2.95. The van der Waals surface area contributed by atoms with Crippen LogP contribution in [-0.2, 0) is 9.47 Å². The van der Waals surface area contributed by atoms with Gasteiger partial charge in [0, 0.05) is 14.1 Å². The molecule has 0 aliphatic carbocycles. The van der Waals surface area contributed by atoms with Gasteiger partial charge in [-0.25, -0.2) is 22.8 Å². The number of carbonyl (C=O) groups excluding carboxylic acids is 2. The molecule has 0 saturated heterocycles. The molecule has 5 nitrogen and oxygen atoms in total. The van der Waals surface area contributed by atoms with E-state index in [0.717, 1.165) is 19.1 Å². The Bertz CT molecular complexity index is 573. The summed E-state index contributed by atoms with van der Waals surface area (Å²) in [7, 11) is 4.30. The fourth-order valence-corrected chi connectivity index (χ4v) is 1.63. The highest BCUT2D eigenvalue weighted by atomic mass is 19.2. The molecule has 0 atom stereocenters. The van der Waals surface area contributed by atoms with Crippen molar-refractivity contribution in [3.05, 3.63) is 28.6 Å². The first-order valence-corrected chi connectivity index (χ1v) is 5.32. The minimum absolute atomic E-state index is 0.796. The van der Waals surface area contributed by atoms with E-state index in [-0.39, 0.29) is 0 Å². The number of hydrogen-bond donors (Lipinski definition) is 0. The third-order valence-corrected chi connectivity index (χ3v) is 2.52. The van der Waals surface area contributed by atoms with Gasteiger partial charge in [0.25, 0.3) is 0 Å². The molecule has 0 bridgehead atoms. The molecule has 0 N–H and O–H groups in total. The monoisotopic (exact) mass is 291 g/mol. The van der Waals surface area contributed by atoms with Gasteiger partial charge in [-0.15, -0.1) is 0 Å². The minimum atomic E-state index is -1.68. The van der Waals surface area contributed by atoms with Gasteiger partial charge in [-0.3, -0.25) is 0 Å². The molecule has 0 aliphatic rings. The molecular weight excluding hydrogens is 279 g/mol. The molecule has 0 heterocycles. The Morgan fingerprint density at radius 3 is 1.60 bits per heavy atom. The van der Waals surface area contributed by atoms with Crippen LogP contribution in [0.2, 0.25) is 0 Å². The Morgan fingerprint density at radius 1 is 0.850 bits per heavy atom. The second-order valence-electron chi connectivity index (χ2n) is 3.92. The first-order valence-electron chi connectivity index (χ1n) is 5.32. The Balaban J connectivity index is 3.85. The van der Waals surface area contributed by atoms with E-state index in [1.807, 2.05) is 0 Å². The quantitative estimate of drug-likeness (QED) is 0.627. The maximum Gasteiger partial charge on any atom is 0.341 e. The zero-order chi connectivity index (χ0) is 15.6. The van der Waals surface area contributed by atoms with Crippen LogP contribution in [0.1, 0.15) is 20.7 Å². The lowest BCUT2D eigenvalue weighted by Gasteiger charge is -2.18. The van der Waals surface area contributed by atoms with Crippen LogP contribution in [0.25, 0.3) is 0 Å². The normalized spacial score (nSPS) is 10.2. The van der Waals surface area contributed by atoms with E-state index in [1.54, 1.807) is 0 Å². The summed E-state index contributed by atoms with van der Waals surface area (Å²) in [6, 6.07) is 0. The van der Waals surface area contributed by atoms with Crippen molar-refractivity contribution in [2.45, 2.75) is 0 Å². The summed E-state index contributed by atoms with van der Waals surface area (Å²) in [5.74, 6) is -7.38. The smallest absolute Gasteiger partial charge is 0.341 e. The standard InChI is InChI=1S/C12H12F3NO4/c1-16(2)10-8(14)6(12(18)20-4)5(11(17)19-3)7(13)9(10)15/h1-4H3. The van der Waals surface area contributed by atoms with Gasteiger partial charge in [-0.05, 0) is 0 Å². The van der Waals surface area contributed by atoms with E-state index in [4.69, 9.17) is 0 Å². The molecule has 0 saturated carbocycles. The highest BCUT2D eigenvalue weighted by Gasteiger charge is 2.34. The van der Waals surface area contributed by atoms with Crippen LogP contribution < -0.4 is 4.90 Å². The van der Waals surface area contributed by atoms with Crippen LogP contribution in [0.5, 0.6) is 0 Å². The molecule has 1 rings (SSSR count). The first-order chi connectivity index (χ1) is 9.27.